The van der Waals surface area contributed by atoms with Crippen molar-refractivity contribution in [2.45, 2.75) is 33.9 Å². The van der Waals surface area contributed by atoms with Gasteiger partial charge in [-0.15, -0.1) is 10.2 Å². The summed E-state index contributed by atoms with van der Waals surface area (Å²) in [6, 6.07) is 6.84. The monoisotopic (exact) mass is 388 g/mol. The average molecular weight is 388 g/mol. The van der Waals surface area contributed by atoms with Gasteiger partial charge in [0.15, 0.2) is 4.34 Å². The molecule has 0 saturated heterocycles. The topological polar surface area (TPSA) is 66.9 Å². The van der Waals surface area contributed by atoms with Crippen molar-refractivity contribution < 1.29 is 13.6 Å². The number of thioether (sulfide) groups is 2. The third-order valence-corrected chi connectivity index (χ3v) is 5.71. The summed E-state index contributed by atoms with van der Waals surface area (Å²) < 4.78 is 25.2. The predicted octanol–water partition coefficient (Wildman–Crippen LogP) is 4.16. The normalized spacial score (nSPS) is 14.0. The van der Waals surface area contributed by atoms with Gasteiger partial charge in [0.2, 0.25) is 11.0 Å². The van der Waals surface area contributed by atoms with Crippen LogP contribution in [0, 0.1) is 0 Å². The summed E-state index contributed by atoms with van der Waals surface area (Å²) in [6.45, 7) is 0. The highest BCUT2D eigenvalue weighted by Gasteiger charge is 2.22. The van der Waals surface area contributed by atoms with Gasteiger partial charge in [-0.2, -0.15) is 8.78 Å². The minimum Gasteiger partial charge on any atom is -0.357 e. The molecule has 0 atom stereocenters. The van der Waals surface area contributed by atoms with Crippen LogP contribution in [0.3, 0.4) is 0 Å². The van der Waals surface area contributed by atoms with Gasteiger partial charge in [-0.1, -0.05) is 34.9 Å². The first-order valence-corrected chi connectivity index (χ1v) is 9.84. The Morgan fingerprint density at radius 3 is 2.71 bits per heavy atom. The third-order valence-electron chi connectivity index (χ3n) is 3.00. The van der Waals surface area contributed by atoms with E-state index in [4.69, 9.17) is 0 Å². The van der Waals surface area contributed by atoms with E-state index in [1.54, 1.807) is 24.3 Å². The van der Waals surface area contributed by atoms with E-state index in [0.717, 1.165) is 9.47 Å². The maximum absolute atomic E-state index is 12.2. The smallest absolute Gasteiger partial charge is 0.288 e. The van der Waals surface area contributed by atoms with E-state index in [1.165, 1.54) is 35.9 Å². The van der Waals surface area contributed by atoms with E-state index < -0.39 is 5.76 Å². The Kier molecular flexibility index (Phi) is 5.90. The number of halogens is 2. The fourth-order valence-electron chi connectivity index (χ4n) is 1.77. The van der Waals surface area contributed by atoms with Gasteiger partial charge in [0, 0.05) is 16.6 Å². The molecule has 128 valence electrons. The zero-order valence-electron chi connectivity index (χ0n) is 12.4. The van der Waals surface area contributed by atoms with Gasteiger partial charge >= 0.3 is 0 Å². The minimum absolute atomic E-state index is 0.179. The number of carbonyl (C=O) groups is 1. The average Bonchev–Trinajstić information content (AvgIpc) is 3.23. The van der Waals surface area contributed by atoms with Gasteiger partial charge in [0.25, 0.3) is 5.76 Å². The quantitative estimate of drug-likeness (QED) is 0.662. The molecule has 0 aliphatic heterocycles. The number of anilines is 2. The number of carbonyl (C=O) groups excluding carboxylic acids is 1. The summed E-state index contributed by atoms with van der Waals surface area (Å²) in [5.74, 6) is -2.42. The summed E-state index contributed by atoms with van der Waals surface area (Å²) in [7, 11) is 0. The lowest BCUT2D eigenvalue weighted by Gasteiger charge is -2.05. The molecule has 1 saturated carbocycles. The van der Waals surface area contributed by atoms with Crippen molar-refractivity contribution in [3.8, 4) is 0 Å². The van der Waals surface area contributed by atoms with Crippen LogP contribution >= 0.6 is 34.9 Å². The summed E-state index contributed by atoms with van der Waals surface area (Å²) in [5, 5.41) is 14.8. The predicted molar refractivity (Wildman–Crippen MR) is 94.2 cm³/mol. The lowest BCUT2D eigenvalue weighted by atomic mass is 10.3. The van der Waals surface area contributed by atoms with Gasteiger partial charge < -0.3 is 10.6 Å². The molecule has 0 bridgehead atoms. The second-order valence-corrected chi connectivity index (χ2v) is 8.29. The number of hydrogen-bond acceptors (Lipinski definition) is 7. The third kappa shape index (κ3) is 5.60. The van der Waals surface area contributed by atoms with E-state index in [2.05, 4.69) is 20.8 Å². The molecule has 1 heterocycles. The molecule has 1 aromatic heterocycles. The second-order valence-electron chi connectivity index (χ2n) is 5.03. The molecule has 3 rings (SSSR count). The molecule has 10 heteroatoms. The van der Waals surface area contributed by atoms with Gasteiger partial charge in [0.1, 0.15) is 0 Å². The van der Waals surface area contributed by atoms with Crippen LogP contribution < -0.4 is 10.6 Å². The number of hydrogen-bond donors (Lipinski definition) is 2. The Balaban J connectivity index is 1.44. The van der Waals surface area contributed by atoms with Gasteiger partial charge in [0.05, 0.1) is 5.75 Å². The van der Waals surface area contributed by atoms with Crippen molar-refractivity contribution in [3.63, 3.8) is 0 Å². The van der Waals surface area contributed by atoms with Crippen molar-refractivity contribution in [3.05, 3.63) is 24.3 Å². The number of alkyl halides is 2. The SMILES string of the molecule is O=C(CSc1nnc(NC2CC2)s1)Nc1ccc(SC(F)F)cc1. The molecule has 0 spiro atoms. The Morgan fingerprint density at radius 2 is 2.04 bits per heavy atom. The first-order valence-electron chi connectivity index (χ1n) is 7.16. The molecule has 24 heavy (non-hydrogen) atoms. The largest absolute Gasteiger partial charge is 0.357 e. The fraction of sp³-hybridized carbons (Fsp3) is 0.357. The number of rotatable bonds is 8. The summed E-state index contributed by atoms with van der Waals surface area (Å²) in [5.41, 5.74) is 0.576. The van der Waals surface area contributed by atoms with Gasteiger partial charge in [-0.25, -0.2) is 0 Å². The summed E-state index contributed by atoms with van der Waals surface area (Å²) in [4.78, 5) is 12.4. The number of nitrogens with one attached hydrogen (secondary N) is 2. The number of nitrogens with zero attached hydrogens (tertiary/aromatic N) is 2. The highest BCUT2D eigenvalue weighted by molar-refractivity contribution is 8.01. The summed E-state index contributed by atoms with van der Waals surface area (Å²) >= 11 is 3.22. The first-order chi connectivity index (χ1) is 11.6. The molecular formula is C14H14F2N4OS3. The van der Waals surface area contributed by atoms with Crippen LogP contribution in [0.2, 0.25) is 0 Å². The van der Waals surface area contributed by atoms with Gasteiger partial charge in [-0.3, -0.25) is 4.79 Å². The molecule has 2 aromatic rings. The van der Waals surface area contributed by atoms with E-state index >= 15 is 0 Å². The highest BCUT2D eigenvalue weighted by atomic mass is 32.2. The molecular weight excluding hydrogens is 374 g/mol. The van der Waals surface area contributed by atoms with Crippen LogP contribution in [-0.2, 0) is 4.79 Å². The Bertz CT molecular complexity index is 692. The number of amides is 1. The van der Waals surface area contributed by atoms with Gasteiger partial charge in [-0.05, 0) is 37.1 Å². The zero-order chi connectivity index (χ0) is 16.9. The highest BCUT2D eigenvalue weighted by Crippen LogP contribution is 2.30. The lowest BCUT2D eigenvalue weighted by molar-refractivity contribution is -0.113. The van der Waals surface area contributed by atoms with Crippen LogP contribution in [-0.4, -0.2) is 33.7 Å². The molecule has 1 fully saturated rings. The van der Waals surface area contributed by atoms with Crippen LogP contribution in [0.5, 0.6) is 0 Å². The van der Waals surface area contributed by atoms with Crippen LogP contribution in [0.15, 0.2) is 33.5 Å². The molecule has 2 N–H and O–H groups in total. The maximum atomic E-state index is 12.2. The Morgan fingerprint density at radius 1 is 1.29 bits per heavy atom. The van der Waals surface area contributed by atoms with E-state index in [9.17, 15) is 13.6 Å². The Labute approximate surface area is 150 Å². The van der Waals surface area contributed by atoms with Crippen molar-refractivity contribution in [2.75, 3.05) is 16.4 Å². The van der Waals surface area contributed by atoms with Crippen LogP contribution in [0.4, 0.5) is 19.6 Å². The van der Waals surface area contributed by atoms with Crippen LogP contribution in [0.1, 0.15) is 12.8 Å². The minimum atomic E-state index is -2.45. The van der Waals surface area contributed by atoms with E-state index in [-0.39, 0.29) is 11.7 Å². The molecule has 1 amide bonds. The molecule has 0 unspecified atom stereocenters. The molecule has 1 aliphatic rings. The second kappa shape index (κ2) is 8.13. The van der Waals surface area contributed by atoms with Crippen LogP contribution in [0.25, 0.3) is 0 Å². The first kappa shape index (κ1) is 17.4. The van der Waals surface area contributed by atoms with Crippen molar-refractivity contribution in [1.82, 2.24) is 10.2 Å². The van der Waals surface area contributed by atoms with E-state index in [0.29, 0.717) is 28.4 Å². The molecule has 1 aliphatic carbocycles. The molecule has 1 aromatic carbocycles. The fourth-order valence-corrected chi connectivity index (χ4v) is 3.90. The Hall–Kier alpha value is -1.39. The number of aromatic nitrogens is 2. The molecule has 5 nitrogen and oxygen atoms in total. The number of benzene rings is 1. The van der Waals surface area contributed by atoms with E-state index in [1.807, 2.05) is 0 Å². The standard InChI is InChI=1S/C14H14F2N4OS3/c15-12(16)23-10-5-3-8(4-6-10)17-11(21)7-22-14-20-19-13(24-14)18-9-1-2-9/h3-6,9,12H,1-2,7H2,(H,17,21)(H,18,19). The van der Waals surface area contributed by atoms with Crippen molar-refractivity contribution in [2.24, 2.45) is 0 Å². The maximum Gasteiger partial charge on any atom is 0.288 e. The molecule has 0 radical (unpaired) electrons. The van der Waals surface area contributed by atoms with Crippen molar-refractivity contribution >= 4 is 51.6 Å². The zero-order valence-corrected chi connectivity index (χ0v) is 14.8. The lowest BCUT2D eigenvalue weighted by Crippen LogP contribution is -2.13. The van der Waals surface area contributed by atoms with Crippen molar-refractivity contribution in [1.29, 1.82) is 0 Å². The summed E-state index contributed by atoms with van der Waals surface area (Å²) in [6.07, 6.45) is 2.33.